The first kappa shape index (κ1) is 22.4. The SMILES string of the molecule is O=C(NCC1CCN(C(=O)Oc2ccccc2)CC1)NC(c1ccccc1)c1ccccc1. The van der Waals surface area contributed by atoms with Crippen LogP contribution in [0.4, 0.5) is 9.59 Å². The van der Waals surface area contributed by atoms with Crippen molar-refractivity contribution >= 4 is 12.1 Å². The van der Waals surface area contributed by atoms with Gasteiger partial charge in [-0.1, -0.05) is 78.9 Å². The second-order valence-electron chi connectivity index (χ2n) is 8.22. The van der Waals surface area contributed by atoms with E-state index in [9.17, 15) is 9.59 Å². The molecule has 3 aromatic rings. The van der Waals surface area contributed by atoms with Gasteiger partial charge in [0.1, 0.15) is 5.75 Å². The Morgan fingerprint density at radius 3 is 1.88 bits per heavy atom. The molecule has 2 N–H and O–H groups in total. The van der Waals surface area contributed by atoms with Crippen LogP contribution in [0.1, 0.15) is 30.0 Å². The molecule has 1 aliphatic rings. The van der Waals surface area contributed by atoms with Crippen molar-refractivity contribution in [3.63, 3.8) is 0 Å². The first-order valence-corrected chi connectivity index (χ1v) is 11.3. The lowest BCUT2D eigenvalue weighted by molar-refractivity contribution is 0.130. The highest BCUT2D eigenvalue weighted by molar-refractivity contribution is 5.75. The molecule has 0 spiro atoms. The number of urea groups is 1. The minimum atomic E-state index is -0.320. The van der Waals surface area contributed by atoms with E-state index in [1.807, 2.05) is 78.9 Å². The molecule has 1 aliphatic heterocycles. The molecule has 6 nitrogen and oxygen atoms in total. The number of piperidine rings is 1. The Balaban J connectivity index is 1.25. The van der Waals surface area contributed by atoms with E-state index in [1.165, 1.54) is 0 Å². The van der Waals surface area contributed by atoms with E-state index in [0.29, 0.717) is 31.3 Å². The van der Waals surface area contributed by atoms with Crippen LogP contribution in [-0.4, -0.2) is 36.7 Å². The number of hydrogen-bond acceptors (Lipinski definition) is 3. The first-order chi connectivity index (χ1) is 16.2. The van der Waals surface area contributed by atoms with Gasteiger partial charge in [0, 0.05) is 19.6 Å². The van der Waals surface area contributed by atoms with E-state index in [1.54, 1.807) is 17.0 Å². The maximum Gasteiger partial charge on any atom is 0.415 e. The number of rotatable bonds is 6. The Bertz CT molecular complexity index is 981. The zero-order valence-corrected chi connectivity index (χ0v) is 18.5. The number of carbonyl (C=O) groups excluding carboxylic acids is 2. The van der Waals surface area contributed by atoms with Gasteiger partial charge in [0.05, 0.1) is 6.04 Å². The van der Waals surface area contributed by atoms with Gasteiger partial charge in [-0.2, -0.15) is 0 Å². The largest absolute Gasteiger partial charge is 0.415 e. The van der Waals surface area contributed by atoms with Gasteiger partial charge in [0.2, 0.25) is 0 Å². The van der Waals surface area contributed by atoms with Crippen LogP contribution in [-0.2, 0) is 0 Å². The lowest BCUT2D eigenvalue weighted by atomic mass is 9.97. The van der Waals surface area contributed by atoms with Gasteiger partial charge >= 0.3 is 12.1 Å². The lowest BCUT2D eigenvalue weighted by Crippen LogP contribution is -2.45. The third kappa shape index (κ3) is 6.35. The van der Waals surface area contributed by atoms with Crippen LogP contribution in [0.5, 0.6) is 5.75 Å². The highest BCUT2D eigenvalue weighted by Gasteiger charge is 2.25. The zero-order chi connectivity index (χ0) is 22.9. The Kier molecular flexibility index (Phi) is 7.59. The predicted molar refractivity (Wildman–Crippen MR) is 128 cm³/mol. The Labute approximate surface area is 194 Å². The molecule has 6 heteroatoms. The molecule has 3 aromatic carbocycles. The topological polar surface area (TPSA) is 70.7 Å². The monoisotopic (exact) mass is 443 g/mol. The highest BCUT2D eigenvalue weighted by atomic mass is 16.6. The number of benzene rings is 3. The quantitative estimate of drug-likeness (QED) is 0.564. The minimum absolute atomic E-state index is 0.196. The minimum Gasteiger partial charge on any atom is -0.410 e. The Morgan fingerprint density at radius 1 is 0.818 bits per heavy atom. The average Bonchev–Trinajstić information content (AvgIpc) is 2.88. The molecule has 0 atom stereocenters. The van der Waals surface area contributed by atoms with E-state index in [2.05, 4.69) is 10.6 Å². The number of nitrogens with zero attached hydrogens (tertiary/aromatic N) is 1. The number of amides is 3. The summed E-state index contributed by atoms with van der Waals surface area (Å²) >= 11 is 0. The lowest BCUT2D eigenvalue weighted by Gasteiger charge is -2.31. The van der Waals surface area contributed by atoms with Gasteiger partial charge in [-0.25, -0.2) is 9.59 Å². The molecule has 0 aliphatic carbocycles. The molecule has 0 radical (unpaired) electrons. The number of nitrogens with one attached hydrogen (secondary N) is 2. The van der Waals surface area contributed by atoms with Crippen molar-refractivity contribution in [3.8, 4) is 5.75 Å². The van der Waals surface area contributed by atoms with Gasteiger partial charge < -0.3 is 20.3 Å². The van der Waals surface area contributed by atoms with Crippen LogP contribution in [0.3, 0.4) is 0 Å². The summed E-state index contributed by atoms with van der Waals surface area (Å²) in [7, 11) is 0. The van der Waals surface area contributed by atoms with Crippen molar-refractivity contribution < 1.29 is 14.3 Å². The third-order valence-electron chi connectivity index (χ3n) is 5.91. The molecule has 33 heavy (non-hydrogen) atoms. The smallest absolute Gasteiger partial charge is 0.410 e. The van der Waals surface area contributed by atoms with Crippen molar-refractivity contribution in [3.05, 3.63) is 102 Å². The van der Waals surface area contributed by atoms with Gasteiger partial charge in [0.25, 0.3) is 0 Å². The summed E-state index contributed by atoms with van der Waals surface area (Å²) in [5.74, 6) is 0.873. The van der Waals surface area contributed by atoms with Crippen LogP contribution in [0.2, 0.25) is 0 Å². The Hall–Kier alpha value is -3.80. The number of ether oxygens (including phenoxy) is 1. The molecule has 0 saturated carbocycles. The van der Waals surface area contributed by atoms with Crippen LogP contribution in [0.15, 0.2) is 91.0 Å². The summed E-state index contributed by atoms with van der Waals surface area (Å²) in [5.41, 5.74) is 2.06. The first-order valence-electron chi connectivity index (χ1n) is 11.3. The van der Waals surface area contributed by atoms with Crippen molar-refractivity contribution in [2.75, 3.05) is 19.6 Å². The van der Waals surface area contributed by atoms with Crippen LogP contribution >= 0.6 is 0 Å². The molecule has 1 saturated heterocycles. The molecular formula is C27H29N3O3. The number of likely N-dealkylation sites (tertiary alicyclic amines) is 1. The van der Waals surface area contributed by atoms with E-state index >= 15 is 0 Å². The molecule has 0 unspecified atom stereocenters. The van der Waals surface area contributed by atoms with Crippen LogP contribution in [0.25, 0.3) is 0 Å². The summed E-state index contributed by atoms with van der Waals surface area (Å²) in [6.07, 6.45) is 1.33. The second kappa shape index (κ2) is 11.2. The molecule has 0 aromatic heterocycles. The van der Waals surface area contributed by atoms with Crippen LogP contribution < -0.4 is 15.4 Å². The standard InChI is InChI=1S/C27H29N3O3/c31-26(29-25(22-10-4-1-5-11-22)23-12-6-2-7-13-23)28-20-21-16-18-30(19-17-21)27(32)33-24-14-8-3-9-15-24/h1-15,21,25H,16-20H2,(H2,28,29,31). The molecule has 0 bridgehead atoms. The molecular weight excluding hydrogens is 414 g/mol. The molecule has 170 valence electrons. The van der Waals surface area contributed by atoms with Crippen molar-refractivity contribution in [1.29, 1.82) is 0 Å². The van der Waals surface area contributed by atoms with Crippen molar-refractivity contribution in [2.45, 2.75) is 18.9 Å². The molecule has 4 rings (SSSR count). The zero-order valence-electron chi connectivity index (χ0n) is 18.5. The summed E-state index contributed by atoms with van der Waals surface area (Å²) in [6.45, 7) is 1.82. The fourth-order valence-corrected chi connectivity index (χ4v) is 4.04. The molecule has 3 amide bonds. The fourth-order valence-electron chi connectivity index (χ4n) is 4.04. The van der Waals surface area contributed by atoms with Crippen LogP contribution in [0, 0.1) is 5.92 Å². The Morgan fingerprint density at radius 2 is 1.33 bits per heavy atom. The average molecular weight is 444 g/mol. The van der Waals surface area contributed by atoms with Crippen molar-refractivity contribution in [2.24, 2.45) is 5.92 Å². The van der Waals surface area contributed by atoms with E-state index < -0.39 is 0 Å². The second-order valence-corrected chi connectivity index (χ2v) is 8.22. The molecule has 1 heterocycles. The van der Waals surface area contributed by atoms with E-state index in [-0.39, 0.29) is 18.2 Å². The summed E-state index contributed by atoms with van der Waals surface area (Å²) in [6, 6.07) is 28.6. The van der Waals surface area contributed by atoms with E-state index in [0.717, 1.165) is 24.0 Å². The number of carbonyl (C=O) groups is 2. The maximum atomic E-state index is 12.7. The van der Waals surface area contributed by atoms with Gasteiger partial charge in [-0.05, 0) is 42.0 Å². The molecule has 1 fully saturated rings. The van der Waals surface area contributed by atoms with E-state index in [4.69, 9.17) is 4.74 Å². The van der Waals surface area contributed by atoms with Gasteiger partial charge in [-0.15, -0.1) is 0 Å². The van der Waals surface area contributed by atoms with Gasteiger partial charge in [-0.3, -0.25) is 0 Å². The third-order valence-corrected chi connectivity index (χ3v) is 5.91. The summed E-state index contributed by atoms with van der Waals surface area (Å²) in [4.78, 5) is 26.8. The summed E-state index contributed by atoms with van der Waals surface area (Å²) in [5, 5.41) is 6.13. The normalized spacial score (nSPS) is 14.0. The number of para-hydroxylation sites is 1. The number of hydrogen-bond donors (Lipinski definition) is 2. The maximum absolute atomic E-state index is 12.7. The van der Waals surface area contributed by atoms with Gasteiger partial charge in [0.15, 0.2) is 0 Å². The predicted octanol–water partition coefficient (Wildman–Crippen LogP) is 4.99. The fraction of sp³-hybridized carbons (Fsp3) is 0.259. The highest BCUT2D eigenvalue weighted by Crippen LogP contribution is 2.22. The summed E-state index contributed by atoms with van der Waals surface area (Å²) < 4.78 is 5.42. The van der Waals surface area contributed by atoms with Crippen molar-refractivity contribution in [1.82, 2.24) is 15.5 Å².